The smallest absolute Gasteiger partial charge is 0.261 e. The summed E-state index contributed by atoms with van der Waals surface area (Å²) in [5.41, 5.74) is 1.51. The topological polar surface area (TPSA) is 77.2 Å². The van der Waals surface area contributed by atoms with Crippen molar-refractivity contribution in [2.45, 2.75) is 13.8 Å². The molecule has 0 atom stereocenters. The summed E-state index contributed by atoms with van der Waals surface area (Å²) in [6, 6.07) is 10.3. The Kier molecular flexibility index (Phi) is 4.48. The summed E-state index contributed by atoms with van der Waals surface area (Å²) in [6.07, 6.45) is 1.52. The fraction of sp³-hybridized carbons (Fsp3) is 0.118. The molecule has 6 nitrogen and oxygen atoms in total. The first kappa shape index (κ1) is 16.0. The number of hydrogen-bond donors (Lipinski definition) is 1. The minimum Gasteiger partial charge on any atom is -0.439 e. The molecule has 0 fully saturated rings. The number of pyridine rings is 1. The van der Waals surface area contributed by atoms with E-state index < -0.39 is 0 Å². The maximum Gasteiger partial charge on any atom is 0.261 e. The third kappa shape index (κ3) is 3.55. The van der Waals surface area contributed by atoms with Gasteiger partial charge in [-0.15, -0.1) is 0 Å². The van der Waals surface area contributed by atoms with E-state index >= 15 is 0 Å². The van der Waals surface area contributed by atoms with Crippen LogP contribution in [0.1, 0.15) is 21.8 Å². The number of anilines is 1. The zero-order valence-corrected chi connectivity index (χ0v) is 13.8. The van der Waals surface area contributed by atoms with Crippen LogP contribution in [-0.4, -0.2) is 16.0 Å². The third-order valence-electron chi connectivity index (χ3n) is 3.29. The number of hydrogen-bond acceptors (Lipinski definition) is 5. The first-order chi connectivity index (χ1) is 11.5. The average Bonchev–Trinajstić information content (AvgIpc) is 2.90. The van der Waals surface area contributed by atoms with E-state index in [1.54, 1.807) is 50.2 Å². The molecule has 2 heterocycles. The van der Waals surface area contributed by atoms with Crippen LogP contribution in [0.25, 0.3) is 0 Å². The number of amides is 1. The number of nitrogens with one attached hydrogen (secondary N) is 1. The Morgan fingerprint density at radius 2 is 1.92 bits per heavy atom. The fourth-order valence-electron chi connectivity index (χ4n) is 2.14. The SMILES string of the molecule is Cc1noc(C)c1C(=O)Nc1ccc(Oc2ccc(Cl)cc2)nc1. The molecule has 0 radical (unpaired) electrons. The van der Waals surface area contributed by atoms with Crippen LogP contribution in [-0.2, 0) is 0 Å². The van der Waals surface area contributed by atoms with E-state index in [9.17, 15) is 4.79 Å². The first-order valence-electron chi connectivity index (χ1n) is 7.16. The second-order valence-corrected chi connectivity index (χ2v) is 5.53. The average molecular weight is 344 g/mol. The van der Waals surface area contributed by atoms with E-state index in [2.05, 4.69) is 15.5 Å². The number of benzene rings is 1. The van der Waals surface area contributed by atoms with E-state index in [0.29, 0.717) is 39.4 Å². The number of ether oxygens (including phenoxy) is 1. The van der Waals surface area contributed by atoms with Gasteiger partial charge in [0.25, 0.3) is 5.91 Å². The minimum atomic E-state index is -0.292. The highest BCUT2D eigenvalue weighted by molar-refractivity contribution is 6.30. The summed E-state index contributed by atoms with van der Waals surface area (Å²) < 4.78 is 10.6. The molecule has 0 aliphatic carbocycles. The summed E-state index contributed by atoms with van der Waals surface area (Å²) in [5.74, 6) is 1.21. The number of carbonyl (C=O) groups excluding carboxylic acids is 1. The predicted molar refractivity (Wildman–Crippen MR) is 89.7 cm³/mol. The van der Waals surface area contributed by atoms with Gasteiger partial charge in [-0.05, 0) is 44.2 Å². The lowest BCUT2D eigenvalue weighted by Crippen LogP contribution is -2.13. The highest BCUT2D eigenvalue weighted by Crippen LogP contribution is 2.22. The lowest BCUT2D eigenvalue weighted by molar-refractivity contribution is 0.102. The van der Waals surface area contributed by atoms with Crippen molar-refractivity contribution in [1.82, 2.24) is 10.1 Å². The first-order valence-corrected chi connectivity index (χ1v) is 7.54. The maximum absolute atomic E-state index is 12.2. The molecule has 7 heteroatoms. The van der Waals surface area contributed by atoms with Crippen molar-refractivity contribution in [2.75, 3.05) is 5.32 Å². The standard InChI is InChI=1S/C17H14ClN3O3/c1-10-16(11(2)24-21-10)17(22)20-13-5-8-15(19-9-13)23-14-6-3-12(18)4-7-14/h3-9H,1-2H3,(H,20,22). The third-order valence-corrected chi connectivity index (χ3v) is 3.54. The zero-order valence-electron chi connectivity index (χ0n) is 13.0. The Hall–Kier alpha value is -2.86. The van der Waals surface area contributed by atoms with Crippen LogP contribution in [0.15, 0.2) is 47.1 Å². The summed E-state index contributed by atoms with van der Waals surface area (Å²) in [5, 5.41) is 7.15. The van der Waals surface area contributed by atoms with E-state index in [4.69, 9.17) is 20.9 Å². The van der Waals surface area contributed by atoms with Gasteiger partial charge >= 0.3 is 0 Å². The lowest BCUT2D eigenvalue weighted by Gasteiger charge is -2.07. The molecule has 0 aliphatic heterocycles. The monoisotopic (exact) mass is 343 g/mol. The Morgan fingerprint density at radius 1 is 1.17 bits per heavy atom. The summed E-state index contributed by atoms with van der Waals surface area (Å²) in [4.78, 5) is 16.4. The van der Waals surface area contributed by atoms with Crippen LogP contribution in [0.2, 0.25) is 5.02 Å². The molecule has 0 aliphatic rings. The highest BCUT2D eigenvalue weighted by Gasteiger charge is 2.17. The molecule has 24 heavy (non-hydrogen) atoms. The van der Waals surface area contributed by atoms with Crippen LogP contribution in [0, 0.1) is 13.8 Å². The molecular weight excluding hydrogens is 330 g/mol. The number of aromatic nitrogens is 2. The molecule has 0 saturated heterocycles. The molecule has 3 rings (SSSR count). The van der Waals surface area contributed by atoms with Gasteiger partial charge < -0.3 is 14.6 Å². The van der Waals surface area contributed by atoms with E-state index in [0.717, 1.165) is 0 Å². The van der Waals surface area contributed by atoms with E-state index in [-0.39, 0.29) is 5.91 Å². The van der Waals surface area contributed by atoms with E-state index in [1.807, 2.05) is 0 Å². The molecule has 0 bridgehead atoms. The predicted octanol–water partition coefficient (Wildman–Crippen LogP) is 4.38. The number of aryl methyl sites for hydroxylation is 2. The Labute approximate surface area is 143 Å². The number of carbonyl (C=O) groups is 1. The van der Waals surface area contributed by atoms with Crippen LogP contribution in [0.5, 0.6) is 11.6 Å². The minimum absolute atomic E-state index is 0.292. The van der Waals surface area contributed by atoms with Gasteiger partial charge in [0.2, 0.25) is 5.88 Å². The quantitative estimate of drug-likeness (QED) is 0.760. The largest absolute Gasteiger partial charge is 0.439 e. The van der Waals surface area contributed by atoms with Gasteiger partial charge in [-0.25, -0.2) is 4.98 Å². The van der Waals surface area contributed by atoms with Crippen LogP contribution in [0.4, 0.5) is 5.69 Å². The number of halogens is 1. The van der Waals surface area contributed by atoms with Gasteiger partial charge in [0, 0.05) is 11.1 Å². The molecule has 0 unspecified atom stereocenters. The van der Waals surface area contributed by atoms with Crippen molar-refractivity contribution in [3.8, 4) is 11.6 Å². The molecule has 2 aromatic heterocycles. The van der Waals surface area contributed by atoms with Gasteiger partial charge in [-0.1, -0.05) is 16.8 Å². The van der Waals surface area contributed by atoms with Gasteiger partial charge in [-0.2, -0.15) is 0 Å². The Bertz CT molecular complexity index is 838. The molecule has 1 aromatic carbocycles. The van der Waals surface area contributed by atoms with Crippen LogP contribution in [0.3, 0.4) is 0 Å². The molecular formula is C17H14ClN3O3. The molecule has 0 spiro atoms. The second-order valence-electron chi connectivity index (χ2n) is 5.09. The van der Waals surface area contributed by atoms with Gasteiger partial charge in [0.15, 0.2) is 0 Å². The van der Waals surface area contributed by atoms with Crippen LogP contribution < -0.4 is 10.1 Å². The number of rotatable bonds is 4. The molecule has 3 aromatic rings. The molecule has 1 amide bonds. The van der Waals surface area contributed by atoms with Gasteiger partial charge in [0.1, 0.15) is 17.1 Å². The lowest BCUT2D eigenvalue weighted by atomic mass is 10.2. The van der Waals surface area contributed by atoms with Crippen molar-refractivity contribution in [3.63, 3.8) is 0 Å². The van der Waals surface area contributed by atoms with Crippen molar-refractivity contribution >= 4 is 23.2 Å². The normalized spacial score (nSPS) is 10.5. The van der Waals surface area contributed by atoms with Gasteiger partial charge in [-0.3, -0.25) is 4.79 Å². The fourth-order valence-corrected chi connectivity index (χ4v) is 2.26. The van der Waals surface area contributed by atoms with Crippen molar-refractivity contribution in [2.24, 2.45) is 0 Å². The number of nitrogens with zero attached hydrogens (tertiary/aromatic N) is 2. The summed E-state index contributed by atoms with van der Waals surface area (Å²) >= 11 is 5.83. The highest BCUT2D eigenvalue weighted by atomic mass is 35.5. The van der Waals surface area contributed by atoms with Crippen LogP contribution >= 0.6 is 11.6 Å². The molecule has 122 valence electrons. The zero-order chi connectivity index (χ0) is 17.1. The Morgan fingerprint density at radius 3 is 2.50 bits per heavy atom. The van der Waals surface area contributed by atoms with E-state index in [1.165, 1.54) is 6.20 Å². The summed E-state index contributed by atoms with van der Waals surface area (Å²) in [7, 11) is 0. The Balaban J connectivity index is 1.68. The van der Waals surface area contributed by atoms with Crippen molar-refractivity contribution < 1.29 is 14.1 Å². The second kappa shape index (κ2) is 6.72. The van der Waals surface area contributed by atoms with Gasteiger partial charge in [0.05, 0.1) is 17.6 Å². The molecule has 1 N–H and O–H groups in total. The van der Waals surface area contributed by atoms with Crippen molar-refractivity contribution in [3.05, 3.63) is 64.6 Å². The molecule has 0 saturated carbocycles. The maximum atomic E-state index is 12.2. The van der Waals surface area contributed by atoms with Crippen molar-refractivity contribution in [1.29, 1.82) is 0 Å². The summed E-state index contributed by atoms with van der Waals surface area (Å²) in [6.45, 7) is 3.41.